The largest absolute Gasteiger partial charge is 0.331 e. The molecule has 2 rings (SSSR count). The summed E-state index contributed by atoms with van der Waals surface area (Å²) in [5.74, 6) is 0. The van der Waals surface area contributed by atoms with E-state index in [1.54, 1.807) is 0 Å². The second-order valence-electron chi connectivity index (χ2n) is 2.76. The van der Waals surface area contributed by atoms with E-state index in [0.29, 0.717) is 0 Å². The Labute approximate surface area is 97.6 Å². The number of hydrogen-bond acceptors (Lipinski definition) is 3. The maximum absolute atomic E-state index is 5.13. The normalized spacial score (nSPS) is 18.7. The zero-order valence-corrected chi connectivity index (χ0v) is 9.64. The molecular formula is C10H7NS3. The molecule has 1 N–H and O–H groups in total. The Hall–Kier alpha value is -0.710. The van der Waals surface area contributed by atoms with Crippen LogP contribution in [0.15, 0.2) is 35.2 Å². The van der Waals surface area contributed by atoms with E-state index in [9.17, 15) is 0 Å². The molecule has 0 saturated carbocycles. The summed E-state index contributed by atoms with van der Waals surface area (Å²) in [6.45, 7) is 0. The number of hydrogen-bond donors (Lipinski definition) is 1. The predicted molar refractivity (Wildman–Crippen MR) is 70.3 cm³/mol. The van der Waals surface area contributed by atoms with Gasteiger partial charge in [-0.3, -0.25) is 0 Å². The van der Waals surface area contributed by atoms with Gasteiger partial charge in [-0.15, -0.1) is 0 Å². The lowest BCUT2D eigenvalue weighted by atomic mass is 10.2. The van der Waals surface area contributed by atoms with Gasteiger partial charge >= 0.3 is 0 Å². The molecule has 0 bridgehead atoms. The molecule has 1 heterocycles. The smallest absolute Gasteiger partial charge is 0.143 e. The Morgan fingerprint density at radius 1 is 1.14 bits per heavy atom. The molecule has 0 amide bonds. The highest BCUT2D eigenvalue weighted by molar-refractivity contribution is 8.27. The summed E-state index contributed by atoms with van der Waals surface area (Å²) < 4.78 is 0.734. The van der Waals surface area contributed by atoms with E-state index in [2.05, 4.69) is 5.32 Å². The maximum atomic E-state index is 5.13. The Kier molecular flexibility index (Phi) is 2.96. The number of nitrogens with one attached hydrogen (secondary N) is 1. The summed E-state index contributed by atoms with van der Waals surface area (Å²) in [6.07, 6.45) is 2.04. The first-order chi connectivity index (χ1) is 6.75. The molecule has 4 heteroatoms. The fourth-order valence-corrected chi connectivity index (χ4v) is 2.60. The van der Waals surface area contributed by atoms with Crippen molar-refractivity contribution in [1.29, 1.82) is 0 Å². The van der Waals surface area contributed by atoms with Crippen LogP contribution < -0.4 is 5.32 Å². The van der Waals surface area contributed by atoms with Gasteiger partial charge in [0, 0.05) is 4.91 Å². The van der Waals surface area contributed by atoms with Gasteiger partial charge in [0.1, 0.15) is 9.31 Å². The predicted octanol–water partition coefficient (Wildman–Crippen LogP) is 2.98. The highest BCUT2D eigenvalue weighted by Crippen LogP contribution is 2.26. The fraction of sp³-hybridized carbons (Fsp3) is 0. The van der Waals surface area contributed by atoms with E-state index in [1.807, 2.05) is 36.4 Å². The molecule has 1 saturated heterocycles. The average Bonchev–Trinajstić information content (AvgIpc) is 2.47. The molecule has 1 aromatic rings. The van der Waals surface area contributed by atoms with Gasteiger partial charge in [0.2, 0.25) is 0 Å². The lowest BCUT2D eigenvalue weighted by molar-refractivity contribution is 1.52. The van der Waals surface area contributed by atoms with Crippen molar-refractivity contribution >= 4 is 51.6 Å². The number of thiocarbonyl (C=S) groups is 2. The van der Waals surface area contributed by atoms with Crippen LogP contribution in [0.25, 0.3) is 6.08 Å². The van der Waals surface area contributed by atoms with Crippen LogP contribution >= 0.6 is 36.2 Å². The molecule has 0 aliphatic carbocycles. The van der Waals surface area contributed by atoms with Crippen LogP contribution in [0.3, 0.4) is 0 Å². The van der Waals surface area contributed by atoms with E-state index in [4.69, 9.17) is 24.4 Å². The first-order valence-electron chi connectivity index (χ1n) is 4.05. The molecule has 0 unspecified atom stereocenters. The van der Waals surface area contributed by atoms with Crippen molar-refractivity contribution in [3.05, 3.63) is 40.8 Å². The van der Waals surface area contributed by atoms with E-state index in [0.717, 1.165) is 19.8 Å². The van der Waals surface area contributed by atoms with Gasteiger partial charge in [-0.1, -0.05) is 66.5 Å². The molecule has 1 nitrogen and oxygen atoms in total. The minimum atomic E-state index is 0.726. The maximum Gasteiger partial charge on any atom is 0.143 e. The summed E-state index contributed by atoms with van der Waals surface area (Å²) >= 11 is 11.7. The molecule has 1 aliphatic rings. The second-order valence-corrected chi connectivity index (χ2v) is 4.89. The molecule has 0 atom stereocenters. The zero-order chi connectivity index (χ0) is 9.97. The van der Waals surface area contributed by atoms with Crippen LogP contribution in [0.2, 0.25) is 0 Å². The molecule has 1 aromatic carbocycles. The second kappa shape index (κ2) is 4.21. The summed E-state index contributed by atoms with van der Waals surface area (Å²) in [4.78, 5) is 1.75. The highest BCUT2D eigenvalue weighted by atomic mass is 32.2. The third-order valence-electron chi connectivity index (χ3n) is 1.74. The summed E-state index contributed by atoms with van der Waals surface area (Å²) in [7, 11) is 0. The first-order valence-corrected chi connectivity index (χ1v) is 5.69. The summed E-state index contributed by atoms with van der Waals surface area (Å²) in [5.41, 5.74) is 1.14. The number of benzene rings is 1. The Bertz CT molecular complexity index is 409. The van der Waals surface area contributed by atoms with Gasteiger partial charge < -0.3 is 5.32 Å². The Morgan fingerprint density at radius 3 is 2.43 bits per heavy atom. The molecule has 1 fully saturated rings. The van der Waals surface area contributed by atoms with Crippen LogP contribution in [-0.2, 0) is 0 Å². The molecule has 14 heavy (non-hydrogen) atoms. The van der Waals surface area contributed by atoms with Crippen LogP contribution in [0.5, 0.6) is 0 Å². The SMILES string of the molecule is S=C1NC(=S)/C(=C/c2ccccc2)S1. The molecule has 1 aliphatic heterocycles. The minimum Gasteiger partial charge on any atom is -0.331 e. The van der Waals surface area contributed by atoms with Crippen molar-refractivity contribution in [1.82, 2.24) is 5.32 Å². The topological polar surface area (TPSA) is 12.0 Å². The molecular weight excluding hydrogens is 230 g/mol. The number of rotatable bonds is 1. The van der Waals surface area contributed by atoms with Crippen molar-refractivity contribution in [2.75, 3.05) is 0 Å². The Balaban J connectivity index is 2.28. The first kappa shape index (κ1) is 9.83. The summed E-state index contributed by atoms with van der Waals surface area (Å²) in [6, 6.07) is 10.1. The average molecular weight is 237 g/mol. The quantitative estimate of drug-likeness (QED) is 0.595. The van der Waals surface area contributed by atoms with Gasteiger partial charge in [0.05, 0.1) is 0 Å². The summed E-state index contributed by atoms with van der Waals surface area (Å²) in [5, 5.41) is 2.94. The molecule has 70 valence electrons. The van der Waals surface area contributed by atoms with Crippen LogP contribution in [-0.4, -0.2) is 9.31 Å². The van der Waals surface area contributed by atoms with Gasteiger partial charge in [-0.05, 0) is 11.6 Å². The van der Waals surface area contributed by atoms with Gasteiger partial charge in [-0.25, -0.2) is 0 Å². The fourth-order valence-electron chi connectivity index (χ4n) is 1.12. The van der Waals surface area contributed by atoms with Crippen molar-refractivity contribution in [2.45, 2.75) is 0 Å². The molecule has 0 aromatic heterocycles. The van der Waals surface area contributed by atoms with Crippen molar-refractivity contribution < 1.29 is 0 Å². The van der Waals surface area contributed by atoms with Crippen LogP contribution in [0.4, 0.5) is 0 Å². The zero-order valence-electron chi connectivity index (χ0n) is 7.19. The van der Waals surface area contributed by atoms with Crippen molar-refractivity contribution in [2.24, 2.45) is 0 Å². The van der Waals surface area contributed by atoms with Crippen molar-refractivity contribution in [3.8, 4) is 0 Å². The van der Waals surface area contributed by atoms with E-state index >= 15 is 0 Å². The Morgan fingerprint density at radius 2 is 1.86 bits per heavy atom. The monoisotopic (exact) mass is 237 g/mol. The van der Waals surface area contributed by atoms with E-state index in [-0.39, 0.29) is 0 Å². The molecule has 0 spiro atoms. The number of thioether (sulfide) groups is 1. The third-order valence-corrected chi connectivity index (χ3v) is 3.37. The standard InChI is InChI=1S/C10H7NS3/c12-9-8(14-10(13)11-9)6-7-4-2-1-3-5-7/h1-6H,(H,11,12,13)/b8-6-. The van der Waals surface area contributed by atoms with Crippen LogP contribution in [0, 0.1) is 0 Å². The molecule has 0 radical (unpaired) electrons. The lowest BCUT2D eigenvalue weighted by Crippen LogP contribution is -2.15. The highest BCUT2D eigenvalue weighted by Gasteiger charge is 2.17. The minimum absolute atomic E-state index is 0.726. The third kappa shape index (κ3) is 2.20. The van der Waals surface area contributed by atoms with Gasteiger partial charge in [-0.2, -0.15) is 0 Å². The van der Waals surface area contributed by atoms with E-state index in [1.165, 1.54) is 11.8 Å². The van der Waals surface area contributed by atoms with Gasteiger partial charge in [0.25, 0.3) is 0 Å². The van der Waals surface area contributed by atoms with E-state index < -0.39 is 0 Å². The van der Waals surface area contributed by atoms with Gasteiger partial charge in [0.15, 0.2) is 0 Å². The lowest BCUT2D eigenvalue weighted by Gasteiger charge is -1.94. The van der Waals surface area contributed by atoms with Crippen LogP contribution in [0.1, 0.15) is 5.56 Å². The van der Waals surface area contributed by atoms with Crippen molar-refractivity contribution in [3.63, 3.8) is 0 Å².